The topological polar surface area (TPSA) is 40.5 Å². The fraction of sp³-hybridized carbons (Fsp3) is 0.889. The summed E-state index contributed by atoms with van der Waals surface area (Å²) in [6.07, 6.45) is 4.89. The quantitative estimate of drug-likeness (QED) is 0.693. The third-order valence-corrected chi connectivity index (χ3v) is 2.59. The van der Waals surface area contributed by atoms with Gasteiger partial charge in [-0.1, -0.05) is 19.8 Å². The van der Waals surface area contributed by atoms with Crippen LogP contribution < -0.4 is 0 Å². The molecule has 0 aromatic carbocycles. The summed E-state index contributed by atoms with van der Waals surface area (Å²) in [7, 11) is 0. The van der Waals surface area contributed by atoms with Gasteiger partial charge in [0.05, 0.1) is 6.54 Å². The van der Waals surface area contributed by atoms with Gasteiger partial charge in [0.2, 0.25) is 0 Å². The van der Waals surface area contributed by atoms with Gasteiger partial charge in [-0.25, -0.2) is 0 Å². The Balaban J connectivity index is 2.37. The van der Waals surface area contributed by atoms with Gasteiger partial charge in [-0.2, -0.15) is 0 Å². The number of hydrogen-bond donors (Lipinski definition) is 1. The van der Waals surface area contributed by atoms with Gasteiger partial charge >= 0.3 is 5.97 Å². The molecule has 3 nitrogen and oxygen atoms in total. The smallest absolute Gasteiger partial charge is 0.317 e. The van der Waals surface area contributed by atoms with Crippen LogP contribution in [0.15, 0.2) is 0 Å². The molecular formula is C9H17NO2. The van der Waals surface area contributed by atoms with Crippen molar-refractivity contribution in [1.82, 2.24) is 4.90 Å². The van der Waals surface area contributed by atoms with E-state index in [1.165, 1.54) is 25.7 Å². The molecular weight excluding hydrogens is 154 g/mol. The van der Waals surface area contributed by atoms with Crippen LogP contribution in [0.3, 0.4) is 0 Å². The molecule has 1 fully saturated rings. The van der Waals surface area contributed by atoms with Crippen LogP contribution in [0.5, 0.6) is 0 Å². The van der Waals surface area contributed by atoms with Crippen molar-refractivity contribution >= 4 is 5.97 Å². The standard InChI is InChI=1S/C9H17NO2/c1-2-10(7-9(11)12)8-5-3-4-6-8/h8H,2-7H2,1H3,(H,11,12). The average Bonchev–Trinajstić information content (AvgIpc) is 2.51. The largest absolute Gasteiger partial charge is 0.480 e. The summed E-state index contributed by atoms with van der Waals surface area (Å²) in [6, 6.07) is 0.533. The van der Waals surface area contributed by atoms with Crippen molar-refractivity contribution in [2.24, 2.45) is 0 Å². The molecule has 0 heterocycles. The monoisotopic (exact) mass is 171 g/mol. The van der Waals surface area contributed by atoms with E-state index in [1.807, 2.05) is 6.92 Å². The molecule has 0 aliphatic heterocycles. The molecule has 1 aliphatic rings. The zero-order valence-electron chi connectivity index (χ0n) is 7.62. The van der Waals surface area contributed by atoms with Crippen LogP contribution in [0.2, 0.25) is 0 Å². The summed E-state index contributed by atoms with van der Waals surface area (Å²) in [5, 5.41) is 8.63. The predicted molar refractivity (Wildman–Crippen MR) is 47.1 cm³/mol. The van der Waals surface area contributed by atoms with Crippen LogP contribution in [-0.2, 0) is 4.79 Å². The summed E-state index contributed by atoms with van der Waals surface area (Å²) in [5.74, 6) is -0.705. The first-order valence-corrected chi connectivity index (χ1v) is 4.70. The average molecular weight is 171 g/mol. The van der Waals surface area contributed by atoms with Gasteiger partial charge in [0.25, 0.3) is 0 Å². The highest BCUT2D eigenvalue weighted by Gasteiger charge is 2.22. The molecule has 0 unspecified atom stereocenters. The normalized spacial score (nSPS) is 18.8. The molecule has 0 spiro atoms. The Morgan fingerprint density at radius 3 is 2.50 bits per heavy atom. The number of hydrogen-bond acceptors (Lipinski definition) is 2. The van der Waals surface area contributed by atoms with Crippen LogP contribution in [-0.4, -0.2) is 35.1 Å². The third-order valence-electron chi connectivity index (χ3n) is 2.59. The lowest BCUT2D eigenvalue weighted by Crippen LogP contribution is -2.37. The summed E-state index contributed by atoms with van der Waals surface area (Å²) < 4.78 is 0. The first kappa shape index (κ1) is 9.52. The first-order valence-electron chi connectivity index (χ1n) is 4.70. The van der Waals surface area contributed by atoms with Crippen LogP contribution in [0.4, 0.5) is 0 Å². The highest BCUT2D eigenvalue weighted by Crippen LogP contribution is 2.22. The van der Waals surface area contributed by atoms with E-state index < -0.39 is 5.97 Å². The molecule has 0 aromatic rings. The Hall–Kier alpha value is -0.570. The highest BCUT2D eigenvalue weighted by atomic mass is 16.4. The maximum Gasteiger partial charge on any atom is 0.317 e. The number of rotatable bonds is 4. The maximum absolute atomic E-state index is 10.5. The van der Waals surface area contributed by atoms with Crippen LogP contribution in [0, 0.1) is 0 Å². The van der Waals surface area contributed by atoms with E-state index >= 15 is 0 Å². The lowest BCUT2D eigenvalue weighted by atomic mass is 10.2. The Labute approximate surface area is 73.4 Å². The number of likely N-dealkylation sites (N-methyl/N-ethyl adjacent to an activating group) is 1. The minimum Gasteiger partial charge on any atom is -0.480 e. The fourth-order valence-corrected chi connectivity index (χ4v) is 1.94. The van der Waals surface area contributed by atoms with Crippen LogP contribution in [0.25, 0.3) is 0 Å². The van der Waals surface area contributed by atoms with Crippen molar-refractivity contribution in [3.05, 3.63) is 0 Å². The molecule has 1 rings (SSSR count). The van der Waals surface area contributed by atoms with Gasteiger partial charge in [-0.3, -0.25) is 9.69 Å². The van der Waals surface area contributed by atoms with E-state index in [-0.39, 0.29) is 6.54 Å². The Bertz CT molecular complexity index is 153. The van der Waals surface area contributed by atoms with E-state index in [1.54, 1.807) is 0 Å². The number of carboxylic acids is 1. The van der Waals surface area contributed by atoms with Gasteiger partial charge in [-0.15, -0.1) is 0 Å². The minimum atomic E-state index is -0.705. The fourth-order valence-electron chi connectivity index (χ4n) is 1.94. The Morgan fingerprint density at radius 1 is 1.50 bits per heavy atom. The van der Waals surface area contributed by atoms with Crippen molar-refractivity contribution in [1.29, 1.82) is 0 Å². The van der Waals surface area contributed by atoms with E-state index in [9.17, 15) is 4.79 Å². The van der Waals surface area contributed by atoms with Crippen LogP contribution >= 0.6 is 0 Å². The molecule has 0 bridgehead atoms. The van der Waals surface area contributed by atoms with E-state index in [0.29, 0.717) is 6.04 Å². The molecule has 3 heteroatoms. The lowest BCUT2D eigenvalue weighted by Gasteiger charge is -2.25. The van der Waals surface area contributed by atoms with Gasteiger partial charge < -0.3 is 5.11 Å². The van der Waals surface area contributed by atoms with Gasteiger partial charge in [0, 0.05) is 6.04 Å². The molecule has 0 radical (unpaired) electrons. The second kappa shape index (κ2) is 4.45. The van der Waals surface area contributed by atoms with Crippen molar-refractivity contribution in [2.75, 3.05) is 13.1 Å². The Morgan fingerprint density at radius 2 is 2.08 bits per heavy atom. The highest BCUT2D eigenvalue weighted by molar-refractivity contribution is 5.69. The van der Waals surface area contributed by atoms with Gasteiger partial charge in [0.1, 0.15) is 0 Å². The second-order valence-corrected chi connectivity index (χ2v) is 3.40. The van der Waals surface area contributed by atoms with Crippen molar-refractivity contribution in [3.63, 3.8) is 0 Å². The first-order chi connectivity index (χ1) is 5.74. The summed E-state index contributed by atoms with van der Waals surface area (Å²) in [6.45, 7) is 3.10. The predicted octanol–water partition coefficient (Wildman–Crippen LogP) is 1.34. The molecule has 0 atom stereocenters. The molecule has 0 saturated heterocycles. The second-order valence-electron chi connectivity index (χ2n) is 3.40. The molecule has 1 N–H and O–H groups in total. The molecule has 0 amide bonds. The zero-order valence-corrected chi connectivity index (χ0v) is 7.62. The van der Waals surface area contributed by atoms with E-state index in [4.69, 9.17) is 5.11 Å². The van der Waals surface area contributed by atoms with Crippen molar-refractivity contribution in [3.8, 4) is 0 Å². The van der Waals surface area contributed by atoms with E-state index in [2.05, 4.69) is 4.90 Å². The summed E-state index contributed by atoms with van der Waals surface area (Å²) >= 11 is 0. The third kappa shape index (κ3) is 2.48. The number of aliphatic carboxylic acids is 1. The lowest BCUT2D eigenvalue weighted by molar-refractivity contribution is -0.138. The molecule has 1 saturated carbocycles. The molecule has 1 aliphatic carbocycles. The van der Waals surface area contributed by atoms with Crippen molar-refractivity contribution in [2.45, 2.75) is 38.6 Å². The van der Waals surface area contributed by atoms with Crippen molar-refractivity contribution < 1.29 is 9.90 Å². The number of nitrogens with zero attached hydrogens (tertiary/aromatic N) is 1. The summed E-state index contributed by atoms with van der Waals surface area (Å²) in [5.41, 5.74) is 0. The molecule has 12 heavy (non-hydrogen) atoms. The zero-order chi connectivity index (χ0) is 8.97. The summed E-state index contributed by atoms with van der Waals surface area (Å²) in [4.78, 5) is 12.5. The minimum absolute atomic E-state index is 0.209. The molecule has 70 valence electrons. The maximum atomic E-state index is 10.5. The van der Waals surface area contributed by atoms with E-state index in [0.717, 1.165) is 6.54 Å². The molecule has 0 aromatic heterocycles. The number of carbonyl (C=O) groups is 1. The number of carboxylic acid groups (broad SMARTS) is 1. The van der Waals surface area contributed by atoms with Gasteiger partial charge in [0.15, 0.2) is 0 Å². The van der Waals surface area contributed by atoms with Crippen LogP contribution in [0.1, 0.15) is 32.6 Å². The van der Waals surface area contributed by atoms with Gasteiger partial charge in [-0.05, 0) is 19.4 Å². The Kier molecular flexibility index (Phi) is 3.53. The SMILES string of the molecule is CCN(CC(=O)O)C1CCCC1.